The van der Waals surface area contributed by atoms with E-state index in [2.05, 4.69) is 5.10 Å². The molecular formula is C14H17N3O2. The summed E-state index contributed by atoms with van der Waals surface area (Å²) in [4.78, 5) is 12.3. The first-order chi connectivity index (χ1) is 9.13. The van der Waals surface area contributed by atoms with Gasteiger partial charge in [-0.25, -0.2) is 0 Å². The topological polar surface area (TPSA) is 70.1 Å². The van der Waals surface area contributed by atoms with Crippen LogP contribution in [0.2, 0.25) is 0 Å². The molecule has 5 heteroatoms. The van der Waals surface area contributed by atoms with Crippen molar-refractivity contribution < 1.29 is 9.53 Å². The van der Waals surface area contributed by atoms with Gasteiger partial charge < -0.3 is 10.5 Å². The van der Waals surface area contributed by atoms with Crippen molar-refractivity contribution >= 4 is 5.78 Å². The van der Waals surface area contributed by atoms with Crippen LogP contribution in [0.5, 0.6) is 5.75 Å². The maximum Gasteiger partial charge on any atom is 0.186 e. The van der Waals surface area contributed by atoms with E-state index in [1.165, 1.54) is 18.0 Å². The summed E-state index contributed by atoms with van der Waals surface area (Å²) in [6.07, 6.45) is 1.75. The number of nitrogens with zero attached hydrogens (tertiary/aromatic N) is 2. The van der Waals surface area contributed by atoms with E-state index in [-0.39, 0.29) is 18.2 Å². The molecule has 1 aromatic heterocycles. The summed E-state index contributed by atoms with van der Waals surface area (Å²) >= 11 is 0. The quantitative estimate of drug-likeness (QED) is 0.830. The smallest absolute Gasteiger partial charge is 0.186 e. The third-order valence-electron chi connectivity index (χ3n) is 3.02. The Kier molecular flexibility index (Phi) is 3.97. The first-order valence-corrected chi connectivity index (χ1v) is 6.03. The summed E-state index contributed by atoms with van der Waals surface area (Å²) in [5.41, 5.74) is 7.45. The van der Waals surface area contributed by atoms with E-state index in [9.17, 15) is 4.79 Å². The predicted octanol–water partition coefficient (Wildman–Crippen LogP) is 1.70. The molecule has 0 aliphatic carbocycles. The lowest BCUT2D eigenvalue weighted by Crippen LogP contribution is -2.18. The minimum Gasteiger partial charge on any atom is -0.493 e. The van der Waals surface area contributed by atoms with Crippen LogP contribution in [0.15, 0.2) is 36.5 Å². The van der Waals surface area contributed by atoms with Crippen molar-refractivity contribution in [1.29, 1.82) is 0 Å². The first kappa shape index (κ1) is 13.3. The zero-order chi connectivity index (χ0) is 13.8. The third kappa shape index (κ3) is 2.82. The van der Waals surface area contributed by atoms with Crippen LogP contribution in [0.25, 0.3) is 0 Å². The molecule has 0 bridgehead atoms. The number of nitrogens with two attached hydrogens (primary N) is 1. The molecule has 5 nitrogen and oxygen atoms in total. The molecule has 1 unspecified atom stereocenters. The SMILES string of the molecule is COc1cnn(C)c1C(=O)CC(N)c1ccccc1. The number of carbonyl (C=O) groups is 1. The highest BCUT2D eigenvalue weighted by Gasteiger charge is 2.20. The summed E-state index contributed by atoms with van der Waals surface area (Å²) in [5, 5.41) is 4.02. The maximum atomic E-state index is 12.3. The van der Waals surface area contributed by atoms with Crippen LogP contribution in [0.3, 0.4) is 0 Å². The second-order valence-corrected chi connectivity index (χ2v) is 4.33. The number of rotatable bonds is 5. The summed E-state index contributed by atoms with van der Waals surface area (Å²) < 4.78 is 6.64. The van der Waals surface area contributed by atoms with Gasteiger partial charge in [-0.3, -0.25) is 9.48 Å². The van der Waals surface area contributed by atoms with Gasteiger partial charge in [0, 0.05) is 19.5 Å². The lowest BCUT2D eigenvalue weighted by atomic mass is 10.0. The number of benzene rings is 1. The first-order valence-electron chi connectivity index (χ1n) is 6.03. The Bertz CT molecular complexity index is 563. The Morgan fingerprint density at radius 2 is 2.11 bits per heavy atom. The lowest BCUT2D eigenvalue weighted by Gasteiger charge is -2.11. The van der Waals surface area contributed by atoms with Crippen molar-refractivity contribution in [2.75, 3.05) is 7.11 Å². The highest BCUT2D eigenvalue weighted by molar-refractivity contribution is 5.97. The Labute approximate surface area is 112 Å². The molecule has 2 aromatic rings. The van der Waals surface area contributed by atoms with Crippen LogP contribution in [0, 0.1) is 0 Å². The largest absolute Gasteiger partial charge is 0.493 e. The van der Waals surface area contributed by atoms with E-state index in [0.29, 0.717) is 11.4 Å². The fourth-order valence-corrected chi connectivity index (χ4v) is 2.00. The maximum absolute atomic E-state index is 12.3. The molecule has 100 valence electrons. The van der Waals surface area contributed by atoms with Crippen molar-refractivity contribution in [3.63, 3.8) is 0 Å². The number of hydrogen-bond acceptors (Lipinski definition) is 4. The monoisotopic (exact) mass is 259 g/mol. The van der Waals surface area contributed by atoms with Crippen LogP contribution in [-0.4, -0.2) is 22.7 Å². The van der Waals surface area contributed by atoms with Crippen molar-refractivity contribution in [1.82, 2.24) is 9.78 Å². The zero-order valence-corrected chi connectivity index (χ0v) is 11.0. The van der Waals surface area contributed by atoms with Gasteiger partial charge in [0.2, 0.25) is 0 Å². The Hall–Kier alpha value is -2.14. The van der Waals surface area contributed by atoms with Gasteiger partial charge >= 0.3 is 0 Å². The van der Waals surface area contributed by atoms with Gasteiger partial charge in [-0.1, -0.05) is 30.3 Å². The number of ketones is 1. The number of aromatic nitrogens is 2. The second kappa shape index (κ2) is 5.67. The van der Waals surface area contributed by atoms with Crippen LogP contribution in [0.4, 0.5) is 0 Å². The Morgan fingerprint density at radius 1 is 1.42 bits per heavy atom. The van der Waals surface area contributed by atoms with Crippen molar-refractivity contribution in [2.24, 2.45) is 12.8 Å². The van der Waals surface area contributed by atoms with Crippen LogP contribution in [0.1, 0.15) is 28.5 Å². The molecule has 0 aliphatic heterocycles. The molecule has 2 rings (SSSR count). The lowest BCUT2D eigenvalue weighted by molar-refractivity contribution is 0.0962. The highest BCUT2D eigenvalue weighted by Crippen LogP contribution is 2.22. The molecule has 0 spiro atoms. The number of methoxy groups -OCH3 is 1. The van der Waals surface area contributed by atoms with Crippen LogP contribution in [-0.2, 0) is 7.05 Å². The van der Waals surface area contributed by atoms with E-state index in [0.717, 1.165) is 5.56 Å². The standard InChI is InChI=1S/C14H17N3O2/c1-17-14(13(19-2)9-16-17)12(18)8-11(15)10-6-4-3-5-7-10/h3-7,9,11H,8,15H2,1-2H3. The summed E-state index contributed by atoms with van der Waals surface area (Å²) in [5.74, 6) is 0.404. The summed E-state index contributed by atoms with van der Waals surface area (Å²) in [7, 11) is 3.23. The van der Waals surface area contributed by atoms with Gasteiger partial charge in [-0.05, 0) is 5.56 Å². The van der Waals surface area contributed by atoms with Gasteiger partial charge in [0.05, 0.1) is 13.3 Å². The Morgan fingerprint density at radius 3 is 2.74 bits per heavy atom. The van der Waals surface area contributed by atoms with Gasteiger partial charge in [0.15, 0.2) is 11.5 Å². The fraction of sp³-hybridized carbons (Fsp3) is 0.286. The molecule has 1 atom stereocenters. The van der Waals surface area contributed by atoms with Crippen molar-refractivity contribution in [3.8, 4) is 5.75 Å². The van der Waals surface area contributed by atoms with Crippen LogP contribution >= 0.6 is 0 Å². The van der Waals surface area contributed by atoms with Gasteiger partial charge in [-0.2, -0.15) is 5.10 Å². The van der Waals surface area contributed by atoms with E-state index in [1.54, 1.807) is 7.05 Å². The zero-order valence-electron chi connectivity index (χ0n) is 11.0. The minimum absolute atomic E-state index is 0.0757. The van der Waals surface area contributed by atoms with Crippen molar-refractivity contribution in [3.05, 3.63) is 47.8 Å². The number of hydrogen-bond donors (Lipinski definition) is 1. The number of carbonyl (C=O) groups excluding carboxylic acids is 1. The van der Waals surface area contributed by atoms with Gasteiger partial charge in [0.1, 0.15) is 5.69 Å². The molecule has 0 fully saturated rings. The molecule has 0 amide bonds. The highest BCUT2D eigenvalue weighted by atomic mass is 16.5. The number of Topliss-reactive ketones (excluding diaryl/α,β-unsaturated/α-hetero) is 1. The average molecular weight is 259 g/mol. The average Bonchev–Trinajstić information content (AvgIpc) is 2.80. The van der Waals surface area contributed by atoms with Crippen LogP contribution < -0.4 is 10.5 Å². The minimum atomic E-state index is -0.326. The van der Waals surface area contributed by atoms with Gasteiger partial charge in [0.25, 0.3) is 0 Å². The number of ether oxygens (including phenoxy) is 1. The van der Waals surface area contributed by atoms with Gasteiger partial charge in [-0.15, -0.1) is 0 Å². The van der Waals surface area contributed by atoms with E-state index in [1.807, 2.05) is 30.3 Å². The van der Waals surface area contributed by atoms with E-state index < -0.39 is 0 Å². The molecule has 19 heavy (non-hydrogen) atoms. The normalized spacial score (nSPS) is 12.2. The second-order valence-electron chi connectivity index (χ2n) is 4.33. The van der Waals surface area contributed by atoms with E-state index >= 15 is 0 Å². The molecule has 2 N–H and O–H groups in total. The summed E-state index contributed by atoms with van der Waals surface area (Å²) in [6, 6.07) is 9.24. The molecule has 0 radical (unpaired) electrons. The van der Waals surface area contributed by atoms with E-state index in [4.69, 9.17) is 10.5 Å². The molecule has 1 heterocycles. The molecular weight excluding hydrogens is 242 g/mol. The third-order valence-corrected chi connectivity index (χ3v) is 3.02. The summed E-state index contributed by atoms with van der Waals surface area (Å²) in [6.45, 7) is 0. The molecule has 1 aromatic carbocycles. The molecule has 0 saturated carbocycles. The fourth-order valence-electron chi connectivity index (χ4n) is 2.00. The predicted molar refractivity (Wildman–Crippen MR) is 72.1 cm³/mol. The van der Waals surface area contributed by atoms with Crippen molar-refractivity contribution in [2.45, 2.75) is 12.5 Å². The number of aryl methyl sites for hydroxylation is 1. The molecule has 0 aliphatic rings. The Balaban J connectivity index is 2.15. The molecule has 0 saturated heterocycles.